The van der Waals surface area contributed by atoms with Gasteiger partial charge in [0.25, 0.3) is 0 Å². The van der Waals surface area contributed by atoms with Crippen LogP contribution >= 0.6 is 0 Å². The number of hydrogen-bond acceptors (Lipinski definition) is 4. The number of aryl methyl sites for hydroxylation is 1. The Morgan fingerprint density at radius 3 is 2.93 bits per heavy atom. The SMILES string of the molecule is Cc1cc(COCCCNC(C)C)on1. The van der Waals surface area contributed by atoms with E-state index >= 15 is 0 Å². The van der Waals surface area contributed by atoms with Crippen molar-refractivity contribution in [1.82, 2.24) is 10.5 Å². The number of ether oxygens (including phenoxy) is 1. The summed E-state index contributed by atoms with van der Waals surface area (Å²) in [6.07, 6.45) is 1.02. The molecular weight excluding hydrogens is 192 g/mol. The third-order valence-electron chi connectivity index (χ3n) is 1.94. The maximum atomic E-state index is 5.44. The molecule has 1 aromatic heterocycles. The van der Waals surface area contributed by atoms with Crippen molar-refractivity contribution in [2.75, 3.05) is 13.2 Å². The van der Waals surface area contributed by atoms with Gasteiger partial charge in [0.1, 0.15) is 6.61 Å². The number of hydrogen-bond donors (Lipinski definition) is 1. The van der Waals surface area contributed by atoms with Crippen LogP contribution in [0.25, 0.3) is 0 Å². The zero-order chi connectivity index (χ0) is 11.1. The number of rotatable bonds is 7. The van der Waals surface area contributed by atoms with Gasteiger partial charge in [-0.05, 0) is 19.9 Å². The highest BCUT2D eigenvalue weighted by molar-refractivity contribution is 5.01. The molecule has 0 spiro atoms. The lowest BCUT2D eigenvalue weighted by atomic mass is 10.3. The minimum atomic E-state index is 0.516. The topological polar surface area (TPSA) is 47.3 Å². The van der Waals surface area contributed by atoms with Crippen molar-refractivity contribution < 1.29 is 9.26 Å². The van der Waals surface area contributed by atoms with E-state index in [-0.39, 0.29) is 0 Å². The molecule has 1 N–H and O–H groups in total. The van der Waals surface area contributed by atoms with Crippen LogP contribution in [0, 0.1) is 6.92 Å². The highest BCUT2D eigenvalue weighted by Crippen LogP contribution is 2.03. The molecule has 1 aromatic rings. The molecule has 4 heteroatoms. The molecule has 0 aliphatic carbocycles. The maximum absolute atomic E-state index is 5.44. The normalized spacial score (nSPS) is 11.2. The molecule has 1 heterocycles. The molecule has 0 amide bonds. The molecular formula is C11H20N2O2. The predicted molar refractivity (Wildman–Crippen MR) is 58.7 cm³/mol. The molecule has 0 radical (unpaired) electrons. The van der Waals surface area contributed by atoms with E-state index in [1.165, 1.54) is 0 Å². The summed E-state index contributed by atoms with van der Waals surface area (Å²) >= 11 is 0. The molecule has 0 aliphatic rings. The van der Waals surface area contributed by atoms with E-state index in [4.69, 9.17) is 9.26 Å². The van der Waals surface area contributed by atoms with Crippen molar-refractivity contribution in [1.29, 1.82) is 0 Å². The Bertz CT molecular complexity index is 271. The minimum absolute atomic E-state index is 0.516. The molecule has 0 saturated carbocycles. The lowest BCUT2D eigenvalue weighted by molar-refractivity contribution is 0.0987. The van der Waals surface area contributed by atoms with Gasteiger partial charge in [-0.3, -0.25) is 0 Å². The second-order valence-electron chi connectivity index (χ2n) is 3.95. The summed E-state index contributed by atoms with van der Waals surface area (Å²) in [7, 11) is 0. The molecule has 0 atom stereocenters. The average Bonchev–Trinajstić information content (AvgIpc) is 2.57. The molecule has 0 bridgehead atoms. The zero-order valence-electron chi connectivity index (χ0n) is 9.75. The van der Waals surface area contributed by atoms with E-state index in [1.54, 1.807) is 0 Å². The van der Waals surface area contributed by atoms with Crippen molar-refractivity contribution in [3.8, 4) is 0 Å². The van der Waals surface area contributed by atoms with E-state index < -0.39 is 0 Å². The van der Waals surface area contributed by atoms with Gasteiger partial charge in [0, 0.05) is 18.7 Å². The van der Waals surface area contributed by atoms with Gasteiger partial charge in [-0.25, -0.2) is 0 Å². The Hall–Kier alpha value is -0.870. The first-order valence-corrected chi connectivity index (χ1v) is 5.42. The highest BCUT2D eigenvalue weighted by Gasteiger charge is 1.99. The van der Waals surface area contributed by atoms with Gasteiger partial charge in [-0.1, -0.05) is 19.0 Å². The Morgan fingerprint density at radius 2 is 2.33 bits per heavy atom. The fourth-order valence-electron chi connectivity index (χ4n) is 1.22. The van der Waals surface area contributed by atoms with Gasteiger partial charge < -0.3 is 14.6 Å². The summed E-state index contributed by atoms with van der Waals surface area (Å²) in [6, 6.07) is 2.44. The first-order valence-electron chi connectivity index (χ1n) is 5.42. The Labute approximate surface area is 91.0 Å². The van der Waals surface area contributed by atoms with Gasteiger partial charge in [0.2, 0.25) is 0 Å². The molecule has 0 aromatic carbocycles. The second kappa shape index (κ2) is 6.58. The van der Waals surface area contributed by atoms with Gasteiger partial charge in [-0.15, -0.1) is 0 Å². The van der Waals surface area contributed by atoms with Crippen LogP contribution in [0.1, 0.15) is 31.7 Å². The summed E-state index contributed by atoms with van der Waals surface area (Å²) in [5.41, 5.74) is 0.898. The smallest absolute Gasteiger partial charge is 0.162 e. The van der Waals surface area contributed by atoms with Gasteiger partial charge >= 0.3 is 0 Å². The van der Waals surface area contributed by atoms with Gasteiger partial charge in [0.05, 0.1) is 5.69 Å². The standard InChI is InChI=1S/C11H20N2O2/c1-9(2)12-5-4-6-14-8-11-7-10(3)13-15-11/h7,9,12H,4-6,8H2,1-3H3. The van der Waals surface area contributed by atoms with E-state index in [0.717, 1.165) is 31.0 Å². The predicted octanol–water partition coefficient (Wildman–Crippen LogP) is 1.89. The van der Waals surface area contributed by atoms with Gasteiger partial charge in [0.15, 0.2) is 5.76 Å². The second-order valence-corrected chi connectivity index (χ2v) is 3.95. The summed E-state index contributed by atoms with van der Waals surface area (Å²) in [5.74, 6) is 0.796. The van der Waals surface area contributed by atoms with Crippen LogP contribution in [0.5, 0.6) is 0 Å². The van der Waals surface area contributed by atoms with Crippen molar-refractivity contribution >= 4 is 0 Å². The summed E-state index contributed by atoms with van der Waals surface area (Å²) in [4.78, 5) is 0. The molecule has 15 heavy (non-hydrogen) atoms. The lowest BCUT2D eigenvalue weighted by Crippen LogP contribution is -2.24. The molecule has 86 valence electrons. The fraction of sp³-hybridized carbons (Fsp3) is 0.727. The van der Waals surface area contributed by atoms with Crippen molar-refractivity contribution in [2.24, 2.45) is 0 Å². The van der Waals surface area contributed by atoms with E-state index in [9.17, 15) is 0 Å². The number of aromatic nitrogens is 1. The Morgan fingerprint density at radius 1 is 1.53 bits per heavy atom. The first-order chi connectivity index (χ1) is 7.18. The van der Waals surface area contributed by atoms with E-state index in [0.29, 0.717) is 12.6 Å². The lowest BCUT2D eigenvalue weighted by Gasteiger charge is -2.07. The maximum Gasteiger partial charge on any atom is 0.162 e. The molecule has 0 aliphatic heterocycles. The summed E-state index contributed by atoms with van der Waals surface area (Å²) < 4.78 is 10.5. The van der Waals surface area contributed by atoms with Crippen LogP contribution in [0.4, 0.5) is 0 Å². The quantitative estimate of drug-likeness (QED) is 0.701. The fourth-order valence-corrected chi connectivity index (χ4v) is 1.22. The Balaban J connectivity index is 1.98. The van der Waals surface area contributed by atoms with Crippen LogP contribution in [-0.4, -0.2) is 24.4 Å². The van der Waals surface area contributed by atoms with Gasteiger partial charge in [-0.2, -0.15) is 0 Å². The van der Waals surface area contributed by atoms with Crippen LogP contribution in [0.15, 0.2) is 10.6 Å². The molecule has 4 nitrogen and oxygen atoms in total. The number of nitrogens with one attached hydrogen (secondary N) is 1. The first kappa shape index (κ1) is 12.2. The van der Waals surface area contributed by atoms with Crippen LogP contribution < -0.4 is 5.32 Å². The minimum Gasteiger partial charge on any atom is -0.373 e. The average molecular weight is 212 g/mol. The summed E-state index contributed by atoms with van der Waals surface area (Å²) in [5, 5.41) is 7.12. The Kier molecular flexibility index (Phi) is 5.36. The van der Waals surface area contributed by atoms with Crippen LogP contribution in [0.3, 0.4) is 0 Å². The summed E-state index contributed by atoms with van der Waals surface area (Å²) in [6.45, 7) is 8.44. The molecule has 0 fully saturated rings. The zero-order valence-corrected chi connectivity index (χ0v) is 9.75. The molecule has 0 saturated heterocycles. The van der Waals surface area contributed by atoms with Crippen molar-refractivity contribution in [3.63, 3.8) is 0 Å². The molecule has 1 rings (SSSR count). The molecule has 0 unspecified atom stereocenters. The van der Waals surface area contributed by atoms with E-state index in [2.05, 4.69) is 24.3 Å². The highest BCUT2D eigenvalue weighted by atomic mass is 16.5. The number of nitrogens with zero attached hydrogens (tertiary/aromatic N) is 1. The monoisotopic (exact) mass is 212 g/mol. The van der Waals surface area contributed by atoms with Crippen LogP contribution in [-0.2, 0) is 11.3 Å². The van der Waals surface area contributed by atoms with Crippen LogP contribution in [0.2, 0.25) is 0 Å². The van der Waals surface area contributed by atoms with Crippen molar-refractivity contribution in [2.45, 2.75) is 39.8 Å². The third kappa shape index (κ3) is 5.54. The third-order valence-corrected chi connectivity index (χ3v) is 1.94. The van der Waals surface area contributed by atoms with E-state index in [1.807, 2.05) is 13.0 Å². The van der Waals surface area contributed by atoms with Crippen molar-refractivity contribution in [3.05, 3.63) is 17.5 Å². The largest absolute Gasteiger partial charge is 0.373 e.